The summed E-state index contributed by atoms with van der Waals surface area (Å²) in [6, 6.07) is 0.565. The minimum atomic E-state index is 0.565. The van der Waals surface area contributed by atoms with E-state index in [2.05, 4.69) is 34.0 Å². The summed E-state index contributed by atoms with van der Waals surface area (Å²) in [4.78, 5) is 1.51. The second kappa shape index (κ2) is 6.23. The van der Waals surface area contributed by atoms with E-state index in [0.29, 0.717) is 6.04 Å². The molecule has 1 unspecified atom stereocenters. The molecule has 0 saturated heterocycles. The van der Waals surface area contributed by atoms with E-state index in [0.717, 1.165) is 17.6 Å². The number of nitrogens with one attached hydrogen (secondary N) is 1. The zero-order chi connectivity index (χ0) is 8.81. The van der Waals surface area contributed by atoms with Crippen LogP contribution in [-0.4, -0.2) is 36.5 Å². The first-order chi connectivity index (χ1) is 5.86. The summed E-state index contributed by atoms with van der Waals surface area (Å²) >= 11 is 4.36. The molecule has 0 aromatic heterocycles. The van der Waals surface area contributed by atoms with Crippen molar-refractivity contribution in [2.45, 2.75) is 6.04 Å². The van der Waals surface area contributed by atoms with Crippen LogP contribution in [0, 0.1) is 0 Å². The molecule has 4 heteroatoms. The van der Waals surface area contributed by atoms with Crippen molar-refractivity contribution in [2.75, 3.05) is 30.4 Å². The molecule has 0 spiro atoms. The molecule has 1 N–H and O–H groups in total. The number of methoxy groups -OCH3 is 1. The number of halogens is 1. The number of hydrogen-bond donors (Lipinski definition) is 1. The number of thioether (sulfide) groups is 1. The van der Waals surface area contributed by atoms with E-state index in [1.165, 1.54) is 10.7 Å². The summed E-state index contributed by atoms with van der Waals surface area (Å²) in [5.74, 6) is 1.18. The lowest BCUT2D eigenvalue weighted by Gasteiger charge is -2.07. The van der Waals surface area contributed by atoms with Crippen molar-refractivity contribution in [1.29, 1.82) is 0 Å². The van der Waals surface area contributed by atoms with Crippen molar-refractivity contribution in [3.05, 3.63) is 11.0 Å². The van der Waals surface area contributed by atoms with Gasteiger partial charge in [-0.2, -0.15) is 0 Å². The maximum absolute atomic E-state index is 4.96. The highest BCUT2D eigenvalue weighted by molar-refractivity contribution is 14.1. The Balaban J connectivity index is 2.14. The lowest BCUT2D eigenvalue weighted by molar-refractivity contribution is 0.198. The van der Waals surface area contributed by atoms with E-state index >= 15 is 0 Å². The van der Waals surface area contributed by atoms with E-state index in [1.807, 2.05) is 11.8 Å². The molecule has 0 amide bonds. The van der Waals surface area contributed by atoms with Crippen LogP contribution in [-0.2, 0) is 4.74 Å². The summed E-state index contributed by atoms with van der Waals surface area (Å²) in [6.45, 7) is 1.75. The van der Waals surface area contributed by atoms with Crippen LogP contribution in [0.25, 0.3) is 0 Å². The van der Waals surface area contributed by atoms with Crippen molar-refractivity contribution in [1.82, 2.24) is 5.32 Å². The van der Waals surface area contributed by atoms with Crippen molar-refractivity contribution < 1.29 is 4.74 Å². The molecule has 12 heavy (non-hydrogen) atoms. The molecule has 2 nitrogen and oxygen atoms in total. The van der Waals surface area contributed by atoms with E-state index in [9.17, 15) is 0 Å². The Morgan fingerprint density at radius 2 is 2.67 bits per heavy atom. The van der Waals surface area contributed by atoms with Gasteiger partial charge in [-0.25, -0.2) is 0 Å². The third kappa shape index (κ3) is 3.64. The van der Waals surface area contributed by atoms with Crippen molar-refractivity contribution in [2.24, 2.45) is 0 Å². The molecular formula is C8H14INOS. The summed E-state index contributed by atoms with van der Waals surface area (Å²) in [5, 5.41) is 3.42. The molecule has 1 aliphatic rings. The third-order valence-electron chi connectivity index (χ3n) is 1.68. The minimum absolute atomic E-state index is 0.565. The number of alkyl halides is 1. The molecule has 0 saturated carbocycles. The Bertz CT molecular complexity index is 163. The molecule has 0 aromatic carbocycles. The first-order valence-corrected chi connectivity index (χ1v) is 6.49. The van der Waals surface area contributed by atoms with E-state index in [4.69, 9.17) is 4.74 Å². The highest BCUT2D eigenvalue weighted by Crippen LogP contribution is 2.26. The molecule has 0 aliphatic carbocycles. The Morgan fingerprint density at radius 3 is 3.25 bits per heavy atom. The van der Waals surface area contributed by atoms with Crippen LogP contribution in [0.1, 0.15) is 0 Å². The number of allylic oxidation sites excluding steroid dienone is 1. The van der Waals surface area contributed by atoms with Gasteiger partial charge in [-0.05, 0) is 4.91 Å². The van der Waals surface area contributed by atoms with Gasteiger partial charge in [-0.1, -0.05) is 28.7 Å². The van der Waals surface area contributed by atoms with Gasteiger partial charge in [-0.3, -0.25) is 0 Å². The Labute approximate surface area is 91.6 Å². The Morgan fingerprint density at radius 1 is 1.83 bits per heavy atom. The first-order valence-electron chi connectivity index (χ1n) is 3.98. The zero-order valence-electron chi connectivity index (χ0n) is 7.18. The summed E-state index contributed by atoms with van der Waals surface area (Å²) in [5.41, 5.74) is 0. The lowest BCUT2D eigenvalue weighted by atomic mass is 10.3. The van der Waals surface area contributed by atoms with Crippen molar-refractivity contribution >= 4 is 34.4 Å². The topological polar surface area (TPSA) is 21.3 Å². The van der Waals surface area contributed by atoms with Crippen LogP contribution in [0.4, 0.5) is 0 Å². The van der Waals surface area contributed by atoms with Gasteiger partial charge in [-0.15, -0.1) is 11.8 Å². The highest BCUT2D eigenvalue weighted by atomic mass is 127. The van der Waals surface area contributed by atoms with Gasteiger partial charge in [0.25, 0.3) is 0 Å². The van der Waals surface area contributed by atoms with Gasteiger partial charge < -0.3 is 10.1 Å². The SMILES string of the molecule is COCCNC1C=C(CI)SC1. The van der Waals surface area contributed by atoms with Crippen molar-refractivity contribution in [3.63, 3.8) is 0 Å². The lowest BCUT2D eigenvalue weighted by Crippen LogP contribution is -2.30. The quantitative estimate of drug-likeness (QED) is 0.474. The number of hydrogen-bond acceptors (Lipinski definition) is 3. The third-order valence-corrected chi connectivity index (χ3v) is 4.20. The predicted octanol–water partition coefficient (Wildman–Crippen LogP) is 1.66. The average molecular weight is 299 g/mol. The van der Waals surface area contributed by atoms with Crippen LogP contribution >= 0.6 is 34.4 Å². The van der Waals surface area contributed by atoms with E-state index in [1.54, 1.807) is 7.11 Å². The van der Waals surface area contributed by atoms with E-state index < -0.39 is 0 Å². The predicted molar refractivity (Wildman–Crippen MR) is 63.1 cm³/mol. The van der Waals surface area contributed by atoms with Crippen molar-refractivity contribution in [3.8, 4) is 0 Å². The molecule has 1 aliphatic heterocycles. The fourth-order valence-corrected chi connectivity index (χ4v) is 2.93. The molecule has 1 heterocycles. The molecule has 0 fully saturated rings. The molecular weight excluding hydrogens is 285 g/mol. The zero-order valence-corrected chi connectivity index (χ0v) is 10.2. The maximum Gasteiger partial charge on any atom is 0.0587 e. The molecule has 1 atom stereocenters. The largest absolute Gasteiger partial charge is 0.383 e. The monoisotopic (exact) mass is 299 g/mol. The molecule has 0 bridgehead atoms. The standard InChI is InChI=1S/C8H14INOS/c1-11-3-2-10-7-4-8(5-9)12-6-7/h4,7,10H,2-3,5-6H2,1H3. The molecule has 0 aromatic rings. The van der Waals surface area contributed by atoms with Gasteiger partial charge in [0.05, 0.1) is 6.61 Å². The van der Waals surface area contributed by atoms with Crippen LogP contribution in [0.5, 0.6) is 0 Å². The second-order valence-corrected chi connectivity index (χ2v) is 4.54. The van der Waals surface area contributed by atoms with E-state index in [-0.39, 0.29) is 0 Å². The highest BCUT2D eigenvalue weighted by Gasteiger charge is 2.13. The number of rotatable bonds is 5. The van der Waals surface area contributed by atoms with Crippen LogP contribution in [0.3, 0.4) is 0 Å². The summed E-state index contributed by atoms with van der Waals surface area (Å²) in [6.07, 6.45) is 2.33. The van der Waals surface area contributed by atoms with Crippen LogP contribution in [0.15, 0.2) is 11.0 Å². The van der Waals surface area contributed by atoms with Gasteiger partial charge >= 0.3 is 0 Å². The average Bonchev–Trinajstić information content (AvgIpc) is 2.53. The van der Waals surface area contributed by atoms with Gasteiger partial charge in [0.2, 0.25) is 0 Å². The first kappa shape index (κ1) is 10.8. The molecule has 1 rings (SSSR count). The summed E-state index contributed by atoms with van der Waals surface area (Å²) in [7, 11) is 1.73. The minimum Gasteiger partial charge on any atom is -0.383 e. The maximum atomic E-state index is 4.96. The fraction of sp³-hybridized carbons (Fsp3) is 0.750. The second-order valence-electron chi connectivity index (χ2n) is 2.63. The normalized spacial score (nSPS) is 22.8. The molecule has 0 radical (unpaired) electrons. The van der Waals surface area contributed by atoms with Crippen LogP contribution < -0.4 is 5.32 Å². The number of ether oxygens (including phenoxy) is 1. The Hall–Kier alpha value is 0.740. The fourth-order valence-electron chi connectivity index (χ4n) is 1.06. The van der Waals surface area contributed by atoms with Gasteiger partial charge in [0.15, 0.2) is 0 Å². The summed E-state index contributed by atoms with van der Waals surface area (Å²) < 4.78 is 6.11. The smallest absolute Gasteiger partial charge is 0.0587 e. The molecule has 70 valence electrons. The van der Waals surface area contributed by atoms with Gasteiger partial charge in [0.1, 0.15) is 0 Å². The van der Waals surface area contributed by atoms with Crippen LogP contribution in [0.2, 0.25) is 0 Å². The Kier molecular flexibility index (Phi) is 5.62. The van der Waals surface area contributed by atoms with Gasteiger partial charge in [0, 0.05) is 29.9 Å².